The molecule has 0 radical (unpaired) electrons. The number of rotatable bonds is 10. The Labute approximate surface area is 287 Å². The van der Waals surface area contributed by atoms with Crippen molar-refractivity contribution in [2.45, 2.75) is 80.4 Å². The molecule has 3 rings (SSSR count). The maximum absolute atomic E-state index is 13.7. The Bertz CT molecular complexity index is 1630. The molecule has 2 heterocycles. The highest BCUT2D eigenvalue weighted by Crippen LogP contribution is 2.37. The standard InChI is InChI=1S/C34H40N2O10S2/c1-11-43-29(39)21-17(3)23(31(41)45-33(5,6)7)47-27(21)35-25(37)19-15-13-14-16-20(19)26(38)36-28-22(30(40)44-12-2)18(4)24(48-28)32(42)46-34(8,9)10/h13-16H,11-12H2,1-10H3,(H,35,37)(H,36,38). The number of hydrogen-bond acceptors (Lipinski definition) is 12. The van der Waals surface area contributed by atoms with Crippen LogP contribution in [0.25, 0.3) is 0 Å². The summed E-state index contributed by atoms with van der Waals surface area (Å²) in [5, 5.41) is 5.39. The first-order valence-corrected chi connectivity index (χ1v) is 16.7. The molecule has 3 aromatic rings. The SMILES string of the molecule is CCOC(=O)c1c(NC(=O)c2ccccc2C(=O)Nc2sc(C(=O)OC(C)(C)C)c(C)c2C(=O)OCC)sc(C(=O)OC(C)(C)C)c1C. The summed E-state index contributed by atoms with van der Waals surface area (Å²) in [5.74, 6) is -4.36. The van der Waals surface area contributed by atoms with E-state index in [2.05, 4.69) is 10.6 Å². The van der Waals surface area contributed by atoms with E-state index in [1.807, 2.05) is 0 Å². The molecule has 0 spiro atoms. The molecule has 2 amide bonds. The van der Waals surface area contributed by atoms with Gasteiger partial charge < -0.3 is 29.6 Å². The van der Waals surface area contributed by atoms with E-state index >= 15 is 0 Å². The number of esters is 4. The molecule has 0 saturated carbocycles. The van der Waals surface area contributed by atoms with E-state index in [4.69, 9.17) is 18.9 Å². The number of carbonyl (C=O) groups is 6. The van der Waals surface area contributed by atoms with Crippen LogP contribution in [0, 0.1) is 13.8 Å². The van der Waals surface area contributed by atoms with E-state index < -0.39 is 46.9 Å². The quantitative estimate of drug-likeness (QED) is 0.163. The third kappa shape index (κ3) is 9.07. The van der Waals surface area contributed by atoms with E-state index in [1.54, 1.807) is 81.4 Å². The first-order chi connectivity index (χ1) is 22.3. The minimum absolute atomic E-state index is 0.0131. The van der Waals surface area contributed by atoms with Crippen LogP contribution >= 0.6 is 22.7 Å². The fraction of sp³-hybridized carbons (Fsp3) is 0.412. The third-order valence-electron chi connectivity index (χ3n) is 6.29. The molecule has 0 fully saturated rings. The Morgan fingerprint density at radius 1 is 0.604 bits per heavy atom. The number of benzene rings is 1. The molecule has 1 aromatic carbocycles. The summed E-state index contributed by atoms with van der Waals surface area (Å²) >= 11 is 1.70. The first kappa shape index (κ1) is 37.9. The number of nitrogens with one attached hydrogen (secondary N) is 2. The molecule has 0 aliphatic rings. The predicted octanol–water partition coefficient (Wildman–Crippen LogP) is 7.20. The third-order valence-corrected chi connectivity index (χ3v) is 8.67. The van der Waals surface area contributed by atoms with E-state index in [-0.39, 0.29) is 66.4 Å². The molecule has 48 heavy (non-hydrogen) atoms. The Balaban J connectivity index is 2.02. The zero-order chi connectivity index (χ0) is 36.1. The van der Waals surface area contributed by atoms with Crippen molar-refractivity contribution >= 4 is 68.4 Å². The van der Waals surface area contributed by atoms with Crippen molar-refractivity contribution < 1.29 is 47.7 Å². The highest BCUT2D eigenvalue weighted by molar-refractivity contribution is 7.19. The zero-order valence-corrected chi connectivity index (χ0v) is 30.3. The lowest BCUT2D eigenvalue weighted by Crippen LogP contribution is -2.23. The molecule has 0 unspecified atom stereocenters. The lowest BCUT2D eigenvalue weighted by atomic mass is 10.1. The van der Waals surface area contributed by atoms with Crippen molar-refractivity contribution in [3.8, 4) is 0 Å². The number of thiophene rings is 2. The van der Waals surface area contributed by atoms with Crippen molar-refractivity contribution in [2.24, 2.45) is 0 Å². The molecule has 0 aliphatic carbocycles. The fourth-order valence-electron chi connectivity index (χ4n) is 4.36. The van der Waals surface area contributed by atoms with Gasteiger partial charge in [-0.15, -0.1) is 22.7 Å². The van der Waals surface area contributed by atoms with Gasteiger partial charge in [0.2, 0.25) is 0 Å². The minimum atomic E-state index is -0.810. The summed E-state index contributed by atoms with van der Waals surface area (Å²) < 4.78 is 21.4. The van der Waals surface area contributed by atoms with Crippen LogP contribution in [-0.4, -0.2) is 60.1 Å². The average Bonchev–Trinajstić information content (AvgIpc) is 3.47. The van der Waals surface area contributed by atoms with Crippen LogP contribution in [0.2, 0.25) is 0 Å². The van der Waals surface area contributed by atoms with E-state index in [1.165, 1.54) is 12.1 Å². The van der Waals surface area contributed by atoms with Gasteiger partial charge in [0.15, 0.2) is 0 Å². The number of anilines is 2. The molecule has 0 bridgehead atoms. The summed E-state index contributed by atoms with van der Waals surface area (Å²) in [6.45, 7) is 16.7. The summed E-state index contributed by atoms with van der Waals surface area (Å²) in [6, 6.07) is 5.90. The highest BCUT2D eigenvalue weighted by atomic mass is 32.1. The van der Waals surface area contributed by atoms with Gasteiger partial charge in [-0.2, -0.15) is 0 Å². The first-order valence-electron chi connectivity index (χ1n) is 15.1. The molecule has 0 aliphatic heterocycles. The maximum atomic E-state index is 13.7. The van der Waals surface area contributed by atoms with Crippen LogP contribution < -0.4 is 10.6 Å². The second-order valence-electron chi connectivity index (χ2n) is 12.4. The van der Waals surface area contributed by atoms with E-state index in [9.17, 15) is 28.8 Å². The number of carbonyl (C=O) groups excluding carboxylic acids is 6. The van der Waals surface area contributed by atoms with Crippen LogP contribution in [0.1, 0.15) is 127 Å². The summed E-state index contributed by atoms with van der Waals surface area (Å²) in [6.07, 6.45) is 0. The molecule has 2 aromatic heterocycles. The molecule has 258 valence electrons. The fourth-order valence-corrected chi connectivity index (χ4v) is 6.49. The zero-order valence-electron chi connectivity index (χ0n) is 28.6. The van der Waals surface area contributed by atoms with Gasteiger partial charge in [-0.3, -0.25) is 9.59 Å². The molecular formula is C34H40N2O10S2. The van der Waals surface area contributed by atoms with Crippen molar-refractivity contribution in [3.05, 3.63) is 67.4 Å². The van der Waals surface area contributed by atoms with E-state index in [0.29, 0.717) is 0 Å². The van der Waals surface area contributed by atoms with Gasteiger partial charge >= 0.3 is 23.9 Å². The normalized spacial score (nSPS) is 11.4. The van der Waals surface area contributed by atoms with Gasteiger partial charge in [-0.25, -0.2) is 19.2 Å². The summed E-state index contributed by atoms with van der Waals surface area (Å²) in [5.41, 5.74) is -1.25. The van der Waals surface area contributed by atoms with Gasteiger partial charge in [-0.05, 0) is 92.5 Å². The van der Waals surface area contributed by atoms with Gasteiger partial charge in [0.25, 0.3) is 11.8 Å². The Kier molecular flexibility index (Phi) is 11.9. The molecule has 2 N–H and O–H groups in total. The van der Waals surface area contributed by atoms with Gasteiger partial charge in [0.05, 0.1) is 35.5 Å². The van der Waals surface area contributed by atoms with Gasteiger partial charge in [0, 0.05) is 0 Å². The summed E-state index contributed by atoms with van der Waals surface area (Å²) in [7, 11) is 0. The lowest BCUT2D eigenvalue weighted by molar-refractivity contribution is 0.00615. The highest BCUT2D eigenvalue weighted by Gasteiger charge is 2.32. The smallest absolute Gasteiger partial charge is 0.349 e. The monoisotopic (exact) mass is 700 g/mol. The molecule has 12 nitrogen and oxygen atoms in total. The van der Waals surface area contributed by atoms with Gasteiger partial charge in [0.1, 0.15) is 31.0 Å². The van der Waals surface area contributed by atoms with Crippen molar-refractivity contribution in [2.75, 3.05) is 23.8 Å². The molecular weight excluding hydrogens is 661 g/mol. The molecule has 14 heteroatoms. The van der Waals surface area contributed by atoms with Crippen molar-refractivity contribution in [1.82, 2.24) is 0 Å². The average molecular weight is 701 g/mol. The van der Waals surface area contributed by atoms with Crippen LogP contribution in [0.15, 0.2) is 24.3 Å². The van der Waals surface area contributed by atoms with Crippen molar-refractivity contribution in [1.29, 1.82) is 0 Å². The Hall–Kier alpha value is -4.56. The minimum Gasteiger partial charge on any atom is -0.462 e. The van der Waals surface area contributed by atoms with Crippen LogP contribution in [-0.2, 0) is 18.9 Å². The van der Waals surface area contributed by atoms with Gasteiger partial charge in [-0.1, -0.05) is 12.1 Å². The molecule has 0 atom stereocenters. The van der Waals surface area contributed by atoms with Crippen LogP contribution in [0.4, 0.5) is 10.0 Å². The maximum Gasteiger partial charge on any atom is 0.349 e. The second-order valence-corrected chi connectivity index (χ2v) is 14.5. The van der Waals surface area contributed by atoms with Crippen LogP contribution in [0.5, 0.6) is 0 Å². The Morgan fingerprint density at radius 2 is 0.938 bits per heavy atom. The van der Waals surface area contributed by atoms with Crippen molar-refractivity contribution in [3.63, 3.8) is 0 Å². The number of hydrogen-bond donors (Lipinski definition) is 2. The molecule has 0 saturated heterocycles. The lowest BCUT2D eigenvalue weighted by Gasteiger charge is -2.19. The van der Waals surface area contributed by atoms with Crippen LogP contribution in [0.3, 0.4) is 0 Å². The summed E-state index contributed by atoms with van der Waals surface area (Å²) in [4.78, 5) is 79.4. The van der Waals surface area contributed by atoms with E-state index in [0.717, 1.165) is 22.7 Å². The Morgan fingerprint density at radius 3 is 1.23 bits per heavy atom. The second kappa shape index (κ2) is 15.1. The topological polar surface area (TPSA) is 163 Å². The number of ether oxygens (including phenoxy) is 4. The predicted molar refractivity (Wildman–Crippen MR) is 183 cm³/mol. The largest absolute Gasteiger partial charge is 0.462 e. The number of amides is 2.